The van der Waals surface area contributed by atoms with Crippen LogP contribution in [0.1, 0.15) is 49.5 Å². The van der Waals surface area contributed by atoms with Gasteiger partial charge in [-0.3, -0.25) is 4.79 Å². The number of aliphatic hydroxyl groups is 1. The Morgan fingerprint density at radius 1 is 1.09 bits per heavy atom. The predicted molar refractivity (Wildman–Crippen MR) is 186 cm³/mol. The standard InChI is InChI=1S/C34H46ClN5O5S2/c1-22(2)18-39(47(44,45)28-13-12-24(5)29(35)17-28)20-31(41)30(16-26-10-8-7-9-11-26)37-33(42)32(23(3)4)40-15-14-38(34(40)43)19-27-21-46-25(6)36-27/h7-13,17,21-23,30-32,41H,14-16,18-20H2,1-6H3,(H,37,42)/t30-,31+,32-/m0/s1. The Bertz CT molecular complexity index is 1630. The Hall–Kier alpha value is -3.03. The molecule has 1 aliphatic heterocycles. The molecule has 3 aromatic rings. The van der Waals surface area contributed by atoms with Gasteiger partial charge in [-0.15, -0.1) is 11.3 Å². The number of thiazole rings is 1. The average molecular weight is 704 g/mol. The summed E-state index contributed by atoms with van der Waals surface area (Å²) in [5, 5.41) is 17.9. The van der Waals surface area contributed by atoms with E-state index in [-0.39, 0.29) is 42.3 Å². The molecule has 1 saturated heterocycles. The number of aliphatic hydroxyl groups excluding tert-OH is 1. The second-order valence-corrected chi connectivity index (χ2v) is 16.4. The monoisotopic (exact) mass is 703 g/mol. The maximum Gasteiger partial charge on any atom is 0.321 e. The minimum absolute atomic E-state index is 0.0365. The molecule has 47 heavy (non-hydrogen) atoms. The quantitative estimate of drug-likeness (QED) is 0.227. The maximum absolute atomic E-state index is 14.1. The van der Waals surface area contributed by atoms with Crippen LogP contribution in [0.15, 0.2) is 58.8 Å². The van der Waals surface area contributed by atoms with Crippen LogP contribution in [0.2, 0.25) is 5.02 Å². The summed E-state index contributed by atoms with van der Waals surface area (Å²) in [6.07, 6.45) is -1.01. The van der Waals surface area contributed by atoms with E-state index in [1.54, 1.807) is 22.8 Å². The van der Waals surface area contributed by atoms with Crippen molar-refractivity contribution in [3.05, 3.63) is 80.8 Å². The average Bonchev–Trinajstić information content (AvgIpc) is 3.58. The topological polar surface area (TPSA) is 123 Å². The van der Waals surface area contributed by atoms with Gasteiger partial charge >= 0.3 is 6.03 Å². The Labute approximate surface area is 287 Å². The third-order valence-corrected chi connectivity index (χ3v) is 11.3. The van der Waals surface area contributed by atoms with Gasteiger partial charge in [0.15, 0.2) is 0 Å². The highest BCUT2D eigenvalue weighted by Crippen LogP contribution is 2.25. The van der Waals surface area contributed by atoms with Crippen LogP contribution in [0.4, 0.5) is 4.79 Å². The molecule has 0 radical (unpaired) electrons. The summed E-state index contributed by atoms with van der Waals surface area (Å²) in [6.45, 7) is 12.4. The molecule has 0 unspecified atom stereocenters. The van der Waals surface area contributed by atoms with E-state index in [0.717, 1.165) is 21.8 Å². The molecular weight excluding hydrogens is 658 g/mol. The van der Waals surface area contributed by atoms with E-state index in [9.17, 15) is 23.1 Å². The zero-order valence-corrected chi connectivity index (χ0v) is 30.3. The number of urea groups is 1. The van der Waals surface area contributed by atoms with Crippen molar-refractivity contribution in [1.29, 1.82) is 0 Å². The highest BCUT2D eigenvalue weighted by molar-refractivity contribution is 7.89. The number of aryl methyl sites for hydroxylation is 2. The van der Waals surface area contributed by atoms with E-state index in [4.69, 9.17) is 11.6 Å². The number of aromatic nitrogens is 1. The fourth-order valence-corrected chi connectivity index (χ4v) is 8.30. The number of halogens is 1. The van der Waals surface area contributed by atoms with E-state index >= 15 is 0 Å². The Morgan fingerprint density at radius 3 is 2.38 bits per heavy atom. The van der Waals surface area contributed by atoms with E-state index in [1.165, 1.54) is 27.8 Å². The Morgan fingerprint density at radius 2 is 1.79 bits per heavy atom. The van der Waals surface area contributed by atoms with E-state index in [0.29, 0.717) is 24.7 Å². The van der Waals surface area contributed by atoms with Gasteiger partial charge in [0, 0.05) is 36.6 Å². The van der Waals surface area contributed by atoms with Crippen LogP contribution in [0.3, 0.4) is 0 Å². The molecule has 4 rings (SSSR count). The van der Waals surface area contributed by atoms with Crippen LogP contribution in [-0.2, 0) is 27.8 Å². The van der Waals surface area contributed by atoms with Gasteiger partial charge in [0.25, 0.3) is 0 Å². The second kappa shape index (κ2) is 15.9. The van der Waals surface area contributed by atoms with E-state index < -0.39 is 34.1 Å². The van der Waals surface area contributed by atoms with Crippen molar-refractivity contribution >= 4 is 44.9 Å². The number of sulfonamides is 1. The van der Waals surface area contributed by atoms with Crippen molar-refractivity contribution < 1.29 is 23.1 Å². The lowest BCUT2D eigenvalue weighted by Gasteiger charge is -2.34. The molecule has 0 saturated carbocycles. The first-order chi connectivity index (χ1) is 22.2. The van der Waals surface area contributed by atoms with Gasteiger partial charge in [-0.2, -0.15) is 4.31 Å². The molecule has 1 fully saturated rings. The summed E-state index contributed by atoms with van der Waals surface area (Å²) < 4.78 is 29.0. The fourth-order valence-electron chi connectivity index (χ4n) is 5.80. The third kappa shape index (κ3) is 9.32. The van der Waals surface area contributed by atoms with Gasteiger partial charge < -0.3 is 20.2 Å². The summed E-state index contributed by atoms with van der Waals surface area (Å²) >= 11 is 7.82. The van der Waals surface area contributed by atoms with Crippen LogP contribution < -0.4 is 5.32 Å². The van der Waals surface area contributed by atoms with Gasteiger partial charge in [-0.1, -0.05) is 75.7 Å². The molecule has 2 heterocycles. The molecule has 0 aliphatic carbocycles. The van der Waals surface area contributed by atoms with Crippen molar-refractivity contribution in [2.75, 3.05) is 26.2 Å². The first-order valence-corrected chi connectivity index (χ1v) is 18.6. The van der Waals surface area contributed by atoms with Crippen LogP contribution in [0.5, 0.6) is 0 Å². The van der Waals surface area contributed by atoms with Crippen molar-refractivity contribution in [2.45, 2.75) is 77.6 Å². The number of hydrogen-bond acceptors (Lipinski definition) is 7. The normalized spacial score (nSPS) is 15.9. The van der Waals surface area contributed by atoms with Gasteiger partial charge in [0.05, 0.1) is 34.3 Å². The van der Waals surface area contributed by atoms with E-state index in [2.05, 4.69) is 10.3 Å². The maximum atomic E-state index is 14.1. The molecule has 13 heteroatoms. The number of carbonyl (C=O) groups excluding carboxylic acids is 2. The summed E-state index contributed by atoms with van der Waals surface area (Å²) in [5.74, 6) is -0.662. The smallest absolute Gasteiger partial charge is 0.321 e. The van der Waals surface area contributed by atoms with E-state index in [1.807, 2.05) is 70.3 Å². The Kier molecular flexibility index (Phi) is 12.5. The fraction of sp³-hybridized carbons (Fsp3) is 0.500. The minimum atomic E-state index is -4.03. The molecule has 0 spiro atoms. The van der Waals surface area contributed by atoms with Crippen molar-refractivity contribution in [3.63, 3.8) is 0 Å². The Balaban J connectivity index is 1.58. The molecule has 3 amide bonds. The lowest BCUT2D eigenvalue weighted by atomic mass is 9.97. The zero-order chi connectivity index (χ0) is 34.5. The summed E-state index contributed by atoms with van der Waals surface area (Å²) in [6, 6.07) is 12.1. The van der Waals surface area contributed by atoms with Crippen molar-refractivity contribution in [1.82, 2.24) is 24.4 Å². The molecule has 10 nitrogen and oxygen atoms in total. The first kappa shape index (κ1) is 36.8. The van der Waals surface area contributed by atoms with Gasteiger partial charge in [-0.25, -0.2) is 18.2 Å². The molecule has 2 aromatic carbocycles. The van der Waals surface area contributed by atoms with Crippen LogP contribution in [0, 0.1) is 25.7 Å². The molecule has 256 valence electrons. The summed E-state index contributed by atoms with van der Waals surface area (Å²) in [4.78, 5) is 35.4. The molecule has 1 aromatic heterocycles. The molecule has 2 N–H and O–H groups in total. The first-order valence-electron chi connectivity index (χ1n) is 15.9. The number of nitrogens with one attached hydrogen (secondary N) is 1. The van der Waals surface area contributed by atoms with Gasteiger partial charge in [0.1, 0.15) is 6.04 Å². The summed E-state index contributed by atoms with van der Waals surface area (Å²) in [7, 11) is -4.03. The lowest BCUT2D eigenvalue weighted by molar-refractivity contribution is -0.128. The van der Waals surface area contributed by atoms with Crippen LogP contribution in [0.25, 0.3) is 0 Å². The number of hydrogen-bond donors (Lipinski definition) is 2. The SMILES string of the molecule is Cc1nc(CN2CCN([C@H](C(=O)N[C@@H](Cc3ccccc3)[C@H](O)CN(CC(C)C)S(=O)(=O)c3ccc(C)c(Cl)c3)C(C)C)C2=O)cs1. The lowest BCUT2D eigenvalue weighted by Crippen LogP contribution is -2.57. The molecule has 1 aliphatic rings. The summed E-state index contributed by atoms with van der Waals surface area (Å²) in [5.41, 5.74) is 2.43. The molecular formula is C34H46ClN5O5S2. The zero-order valence-electron chi connectivity index (χ0n) is 27.9. The molecule has 0 bridgehead atoms. The van der Waals surface area contributed by atoms with Crippen LogP contribution >= 0.6 is 22.9 Å². The van der Waals surface area contributed by atoms with Gasteiger partial charge in [0.2, 0.25) is 15.9 Å². The number of carbonyl (C=O) groups is 2. The van der Waals surface area contributed by atoms with Crippen LogP contribution in [-0.4, -0.2) is 88.9 Å². The number of benzene rings is 2. The minimum Gasteiger partial charge on any atom is -0.390 e. The van der Waals surface area contributed by atoms with Crippen molar-refractivity contribution in [2.24, 2.45) is 11.8 Å². The number of nitrogens with zero attached hydrogens (tertiary/aromatic N) is 4. The second-order valence-electron chi connectivity index (χ2n) is 12.9. The number of amides is 3. The number of rotatable bonds is 15. The van der Waals surface area contributed by atoms with Crippen molar-refractivity contribution in [3.8, 4) is 0 Å². The van der Waals surface area contributed by atoms with Gasteiger partial charge in [-0.05, 0) is 55.4 Å². The highest BCUT2D eigenvalue weighted by atomic mass is 35.5. The highest BCUT2D eigenvalue weighted by Gasteiger charge is 2.40. The third-order valence-electron chi connectivity index (χ3n) is 8.21. The predicted octanol–water partition coefficient (Wildman–Crippen LogP) is 5.11. The molecule has 3 atom stereocenters. The largest absolute Gasteiger partial charge is 0.390 e.